The molecule has 108 valence electrons. The third kappa shape index (κ3) is 1.47. The summed E-state index contributed by atoms with van der Waals surface area (Å²) in [5, 5.41) is 6.33. The zero-order chi connectivity index (χ0) is 14.9. The van der Waals surface area contributed by atoms with Crippen molar-refractivity contribution in [2.24, 2.45) is 5.92 Å². The molecule has 21 heavy (non-hydrogen) atoms. The molecule has 0 amide bonds. The molecule has 1 aromatic rings. The van der Waals surface area contributed by atoms with E-state index in [2.05, 4.69) is 10.2 Å². The summed E-state index contributed by atoms with van der Waals surface area (Å²) in [6, 6.07) is 0. The van der Waals surface area contributed by atoms with Crippen molar-refractivity contribution in [2.75, 3.05) is 5.75 Å². The average Bonchev–Trinajstić information content (AvgIpc) is 3.01. The van der Waals surface area contributed by atoms with E-state index in [9.17, 15) is 18.0 Å². The molecule has 2 aliphatic carbocycles. The number of rotatable bonds is 0. The van der Waals surface area contributed by atoms with E-state index in [0.717, 1.165) is 0 Å². The number of aromatic amines is 1. The minimum absolute atomic E-state index is 0.0401. The van der Waals surface area contributed by atoms with Gasteiger partial charge in [-0.05, 0) is 19.8 Å². The van der Waals surface area contributed by atoms with Crippen LogP contribution < -0.4 is 0 Å². The van der Waals surface area contributed by atoms with E-state index in [1.165, 1.54) is 6.20 Å². The Bertz CT molecular complexity index is 886. The quantitative estimate of drug-likeness (QED) is 0.776. The predicted molar refractivity (Wildman–Crippen MR) is 73.5 cm³/mol. The Balaban J connectivity index is 1.95. The second-order valence-electron chi connectivity index (χ2n) is 5.69. The second-order valence-corrected chi connectivity index (χ2v) is 7.77. The van der Waals surface area contributed by atoms with Crippen LogP contribution in [0.1, 0.15) is 40.6 Å². The van der Waals surface area contributed by atoms with Gasteiger partial charge in [0.05, 0.1) is 22.4 Å². The molecule has 1 saturated heterocycles. The van der Waals surface area contributed by atoms with Crippen molar-refractivity contribution in [2.45, 2.75) is 19.8 Å². The van der Waals surface area contributed by atoms with Crippen LogP contribution in [0.25, 0.3) is 0 Å². The molecule has 0 aromatic carbocycles. The van der Waals surface area contributed by atoms with E-state index in [1.807, 2.05) is 0 Å². The largest absolute Gasteiger partial charge is 0.289 e. The van der Waals surface area contributed by atoms with Crippen molar-refractivity contribution in [1.29, 1.82) is 0 Å². The number of Topliss-reactive ketones (excluding diaryl/α,β-unsaturated/α-hetero) is 2. The molecule has 1 N–H and O–H groups in total. The van der Waals surface area contributed by atoms with Gasteiger partial charge in [0.25, 0.3) is 0 Å². The van der Waals surface area contributed by atoms with Crippen LogP contribution in [0.4, 0.5) is 0 Å². The van der Waals surface area contributed by atoms with Crippen LogP contribution >= 0.6 is 0 Å². The van der Waals surface area contributed by atoms with Crippen molar-refractivity contribution < 1.29 is 18.0 Å². The van der Waals surface area contributed by atoms with Crippen molar-refractivity contribution in [3.63, 3.8) is 0 Å². The Kier molecular flexibility index (Phi) is 2.29. The highest BCUT2D eigenvalue weighted by molar-refractivity contribution is 7.95. The minimum Gasteiger partial charge on any atom is -0.289 e. The molecule has 3 aliphatic rings. The molecule has 1 atom stereocenters. The van der Waals surface area contributed by atoms with E-state index in [1.54, 1.807) is 6.92 Å². The summed E-state index contributed by atoms with van der Waals surface area (Å²) in [6.07, 6.45) is 1.96. The highest BCUT2D eigenvalue weighted by Crippen LogP contribution is 2.47. The van der Waals surface area contributed by atoms with Gasteiger partial charge in [-0.25, -0.2) is 8.42 Å². The van der Waals surface area contributed by atoms with Gasteiger partial charge >= 0.3 is 0 Å². The molecule has 0 bridgehead atoms. The maximum atomic E-state index is 12.6. The molecule has 4 rings (SSSR count). The van der Waals surface area contributed by atoms with Crippen LogP contribution in [0.2, 0.25) is 0 Å². The fraction of sp³-hybridized carbons (Fsp3) is 0.357. The lowest BCUT2D eigenvalue weighted by Gasteiger charge is -2.28. The van der Waals surface area contributed by atoms with E-state index >= 15 is 0 Å². The third-order valence-electron chi connectivity index (χ3n) is 4.49. The van der Waals surface area contributed by atoms with Gasteiger partial charge in [0.15, 0.2) is 15.6 Å². The van der Waals surface area contributed by atoms with Crippen molar-refractivity contribution in [1.82, 2.24) is 10.2 Å². The number of hydrogen-bond acceptors (Lipinski definition) is 5. The molecule has 1 aromatic heterocycles. The molecule has 0 saturated carbocycles. The van der Waals surface area contributed by atoms with Crippen LogP contribution in [-0.2, 0) is 9.84 Å². The van der Waals surface area contributed by atoms with Crippen LogP contribution in [0.3, 0.4) is 0 Å². The maximum Gasteiger partial charge on any atom is 0.208 e. The lowest BCUT2D eigenvalue weighted by Crippen LogP contribution is -2.29. The number of nitrogens with zero attached hydrogens (tertiary/aromatic N) is 1. The Labute approximate surface area is 120 Å². The van der Waals surface area contributed by atoms with Gasteiger partial charge in [-0.2, -0.15) is 5.10 Å². The van der Waals surface area contributed by atoms with E-state index in [-0.39, 0.29) is 35.0 Å². The number of hydrogen-bond donors (Lipinski definition) is 1. The first-order chi connectivity index (χ1) is 9.92. The Hall–Kier alpha value is -2.02. The number of H-pyrrole nitrogens is 1. The highest BCUT2D eigenvalue weighted by atomic mass is 32.2. The fourth-order valence-electron chi connectivity index (χ4n) is 3.65. The molecular weight excluding hydrogens is 292 g/mol. The molecule has 0 spiro atoms. The molecule has 1 aliphatic heterocycles. The lowest BCUT2D eigenvalue weighted by atomic mass is 9.74. The standard InChI is InChI=1S/C14H12N2O4S/c1-6-4-8-10(7-2-3-21(19,20)14(6)7)13(18)11-9(12(8)17)5-15-16-11/h5,7H,2-4H2,1H3,(H,15,16). The van der Waals surface area contributed by atoms with Crippen LogP contribution in [0.5, 0.6) is 0 Å². The number of nitrogens with one attached hydrogen (secondary N) is 1. The monoisotopic (exact) mass is 304 g/mol. The first kappa shape index (κ1) is 12.7. The van der Waals surface area contributed by atoms with Crippen LogP contribution in [0, 0.1) is 5.92 Å². The number of carbonyl (C=O) groups is 2. The maximum absolute atomic E-state index is 12.6. The smallest absolute Gasteiger partial charge is 0.208 e. The lowest BCUT2D eigenvalue weighted by molar-refractivity contribution is 0.0961. The minimum atomic E-state index is -3.30. The summed E-state index contributed by atoms with van der Waals surface area (Å²) in [7, 11) is -3.30. The first-order valence-electron chi connectivity index (χ1n) is 6.70. The number of allylic oxidation sites excluding steroid dienone is 4. The molecule has 0 radical (unpaired) electrons. The molecule has 1 unspecified atom stereocenters. The van der Waals surface area contributed by atoms with Gasteiger partial charge in [-0.3, -0.25) is 14.7 Å². The Morgan fingerprint density at radius 3 is 2.81 bits per heavy atom. The topological polar surface area (TPSA) is 97.0 Å². The summed E-state index contributed by atoms with van der Waals surface area (Å²) < 4.78 is 24.3. The van der Waals surface area contributed by atoms with Gasteiger partial charge in [-0.15, -0.1) is 0 Å². The van der Waals surface area contributed by atoms with Crippen LogP contribution in [0.15, 0.2) is 27.8 Å². The van der Waals surface area contributed by atoms with Crippen molar-refractivity contribution >= 4 is 21.4 Å². The summed E-state index contributed by atoms with van der Waals surface area (Å²) in [4.78, 5) is 25.5. The van der Waals surface area contributed by atoms with Gasteiger partial charge in [0.2, 0.25) is 5.78 Å². The number of fused-ring (bicyclic) bond motifs is 3. The summed E-state index contributed by atoms with van der Waals surface area (Å²) in [5.74, 6) is -0.926. The predicted octanol–water partition coefficient (Wildman–Crippen LogP) is 1.20. The van der Waals surface area contributed by atoms with Gasteiger partial charge < -0.3 is 0 Å². The zero-order valence-electron chi connectivity index (χ0n) is 11.3. The normalized spacial score (nSPS) is 26.8. The SMILES string of the molecule is CC1=C2C(CCS2(=O)=O)C2=C(C1)C(=O)c1cn[nH]c1C2=O. The van der Waals surface area contributed by atoms with Gasteiger partial charge in [-0.1, -0.05) is 5.57 Å². The van der Waals surface area contributed by atoms with Gasteiger partial charge in [0.1, 0.15) is 5.69 Å². The van der Waals surface area contributed by atoms with E-state index in [0.29, 0.717) is 28.0 Å². The average molecular weight is 304 g/mol. The third-order valence-corrected chi connectivity index (χ3v) is 6.57. The Morgan fingerprint density at radius 1 is 1.29 bits per heavy atom. The molecule has 1 fully saturated rings. The number of aromatic nitrogens is 2. The van der Waals surface area contributed by atoms with Gasteiger partial charge in [0, 0.05) is 17.1 Å². The fourth-order valence-corrected chi connectivity index (χ4v) is 5.69. The van der Waals surface area contributed by atoms with Crippen molar-refractivity contribution in [3.8, 4) is 0 Å². The number of ketones is 2. The zero-order valence-corrected chi connectivity index (χ0v) is 12.1. The molecule has 6 nitrogen and oxygen atoms in total. The number of sulfone groups is 1. The van der Waals surface area contributed by atoms with Crippen LogP contribution in [-0.4, -0.2) is 35.9 Å². The summed E-state index contributed by atoms with van der Waals surface area (Å²) >= 11 is 0. The molecule has 2 heterocycles. The summed E-state index contributed by atoms with van der Waals surface area (Å²) in [5.41, 5.74) is 1.96. The highest BCUT2D eigenvalue weighted by Gasteiger charge is 2.47. The second kappa shape index (κ2) is 3.79. The molecule has 7 heteroatoms. The van der Waals surface area contributed by atoms with E-state index in [4.69, 9.17) is 0 Å². The summed E-state index contributed by atoms with van der Waals surface area (Å²) in [6.45, 7) is 1.73. The van der Waals surface area contributed by atoms with Crippen molar-refractivity contribution in [3.05, 3.63) is 39.1 Å². The first-order valence-corrected chi connectivity index (χ1v) is 8.35. The Morgan fingerprint density at radius 2 is 2.05 bits per heavy atom. The molecular formula is C14H12N2O4S. The van der Waals surface area contributed by atoms with E-state index < -0.39 is 15.8 Å². The number of carbonyl (C=O) groups excluding carboxylic acids is 2.